The number of hydrogen-bond donors (Lipinski definition) is 0. The Kier molecular flexibility index (Phi) is 5.51. The zero-order valence-electron chi connectivity index (χ0n) is 15.6. The van der Waals surface area contributed by atoms with Crippen LogP contribution >= 0.6 is 11.3 Å². The van der Waals surface area contributed by atoms with Crippen LogP contribution < -0.4 is 4.74 Å². The molecule has 0 saturated heterocycles. The van der Waals surface area contributed by atoms with Crippen molar-refractivity contribution in [2.75, 3.05) is 14.2 Å². The molecule has 0 saturated carbocycles. The van der Waals surface area contributed by atoms with E-state index >= 15 is 0 Å². The highest BCUT2D eigenvalue weighted by Gasteiger charge is 2.19. The first kappa shape index (κ1) is 19.0. The molecular weight excluding hydrogens is 365 g/mol. The average Bonchev–Trinajstić information content (AvgIpc) is 3.14. The molecule has 140 valence electrons. The standard InChI is InChI=1S/C20H20FN3O2S/c1-12-9-22-16(13(2)18(12)26-4)11-24(3)20(25)17-10-23-19(27-17)14-7-5-6-8-15(14)21/h5-10H,11H2,1-4H3. The van der Waals surface area contributed by atoms with Gasteiger partial charge in [0.25, 0.3) is 5.91 Å². The van der Waals surface area contributed by atoms with Crippen LogP contribution in [0.25, 0.3) is 10.6 Å². The molecule has 1 aromatic carbocycles. The quantitative estimate of drug-likeness (QED) is 0.659. The Balaban J connectivity index is 1.80. The molecule has 0 unspecified atom stereocenters. The molecule has 1 amide bonds. The van der Waals surface area contributed by atoms with E-state index in [2.05, 4.69) is 9.97 Å². The van der Waals surface area contributed by atoms with E-state index in [1.54, 1.807) is 43.5 Å². The van der Waals surface area contributed by atoms with Gasteiger partial charge in [0.1, 0.15) is 21.5 Å². The Bertz CT molecular complexity index is 987. The van der Waals surface area contributed by atoms with Gasteiger partial charge in [0, 0.05) is 29.9 Å². The normalized spacial score (nSPS) is 10.7. The van der Waals surface area contributed by atoms with Crippen LogP contribution in [0.2, 0.25) is 0 Å². The van der Waals surface area contributed by atoms with Gasteiger partial charge in [0.05, 0.1) is 25.5 Å². The SMILES string of the molecule is COc1c(C)cnc(CN(C)C(=O)c2cnc(-c3ccccc3F)s2)c1C. The lowest BCUT2D eigenvalue weighted by atomic mass is 10.1. The summed E-state index contributed by atoms with van der Waals surface area (Å²) in [7, 11) is 3.33. The van der Waals surface area contributed by atoms with E-state index < -0.39 is 0 Å². The van der Waals surface area contributed by atoms with E-state index in [1.165, 1.54) is 23.6 Å². The summed E-state index contributed by atoms with van der Waals surface area (Å²) in [4.78, 5) is 23.4. The second-order valence-electron chi connectivity index (χ2n) is 6.22. The first-order valence-corrected chi connectivity index (χ1v) is 9.19. The minimum absolute atomic E-state index is 0.184. The van der Waals surface area contributed by atoms with E-state index in [0.29, 0.717) is 22.0 Å². The average molecular weight is 385 g/mol. The van der Waals surface area contributed by atoms with Crippen molar-refractivity contribution in [1.82, 2.24) is 14.9 Å². The van der Waals surface area contributed by atoms with Crippen LogP contribution in [-0.2, 0) is 6.54 Å². The lowest BCUT2D eigenvalue weighted by Gasteiger charge is -2.18. The van der Waals surface area contributed by atoms with Gasteiger partial charge in [-0.05, 0) is 26.0 Å². The van der Waals surface area contributed by atoms with Gasteiger partial charge in [-0.2, -0.15) is 0 Å². The highest BCUT2D eigenvalue weighted by Crippen LogP contribution is 2.29. The molecule has 0 spiro atoms. The van der Waals surface area contributed by atoms with Crippen molar-refractivity contribution in [3.8, 4) is 16.3 Å². The number of methoxy groups -OCH3 is 1. The van der Waals surface area contributed by atoms with Gasteiger partial charge in [0.2, 0.25) is 0 Å². The van der Waals surface area contributed by atoms with Crippen molar-refractivity contribution in [2.24, 2.45) is 0 Å². The number of carbonyl (C=O) groups is 1. The molecule has 0 fully saturated rings. The Morgan fingerprint density at radius 2 is 1.96 bits per heavy atom. The number of amides is 1. The fourth-order valence-electron chi connectivity index (χ4n) is 2.85. The van der Waals surface area contributed by atoms with Crippen molar-refractivity contribution in [1.29, 1.82) is 0 Å². The van der Waals surface area contributed by atoms with Gasteiger partial charge in [-0.25, -0.2) is 9.37 Å². The monoisotopic (exact) mass is 385 g/mol. The molecule has 0 aliphatic rings. The van der Waals surface area contributed by atoms with Crippen LogP contribution in [0.15, 0.2) is 36.7 Å². The van der Waals surface area contributed by atoms with E-state index in [9.17, 15) is 9.18 Å². The molecule has 3 aromatic rings. The van der Waals surface area contributed by atoms with Gasteiger partial charge >= 0.3 is 0 Å². The van der Waals surface area contributed by atoms with Crippen molar-refractivity contribution >= 4 is 17.2 Å². The lowest BCUT2D eigenvalue weighted by molar-refractivity contribution is 0.0787. The first-order chi connectivity index (χ1) is 12.9. The number of thiazole rings is 1. The molecule has 0 aliphatic heterocycles. The molecule has 0 N–H and O–H groups in total. The third-order valence-corrected chi connectivity index (χ3v) is 5.32. The second-order valence-corrected chi connectivity index (χ2v) is 7.25. The zero-order chi connectivity index (χ0) is 19.6. The van der Waals surface area contributed by atoms with E-state index in [1.807, 2.05) is 13.8 Å². The van der Waals surface area contributed by atoms with Crippen molar-refractivity contribution in [2.45, 2.75) is 20.4 Å². The predicted octanol–water partition coefficient (Wildman–Crippen LogP) is 4.24. The summed E-state index contributed by atoms with van der Waals surface area (Å²) >= 11 is 1.17. The minimum Gasteiger partial charge on any atom is -0.496 e. The van der Waals surface area contributed by atoms with E-state index in [0.717, 1.165) is 22.6 Å². The number of halogens is 1. The largest absolute Gasteiger partial charge is 0.496 e. The van der Waals surface area contributed by atoms with Crippen LogP contribution in [0.5, 0.6) is 5.75 Å². The highest BCUT2D eigenvalue weighted by molar-refractivity contribution is 7.16. The summed E-state index contributed by atoms with van der Waals surface area (Å²) in [6.07, 6.45) is 3.23. The maximum Gasteiger partial charge on any atom is 0.265 e. The maximum absolute atomic E-state index is 13.9. The van der Waals surface area contributed by atoms with Crippen molar-refractivity contribution < 1.29 is 13.9 Å². The summed E-state index contributed by atoms with van der Waals surface area (Å²) in [6.45, 7) is 4.20. The molecule has 2 aromatic heterocycles. The number of nitrogens with zero attached hydrogens (tertiary/aromatic N) is 3. The van der Waals surface area contributed by atoms with Gasteiger partial charge in [-0.3, -0.25) is 9.78 Å². The highest BCUT2D eigenvalue weighted by atomic mass is 32.1. The molecule has 0 bridgehead atoms. The smallest absolute Gasteiger partial charge is 0.265 e. The fraction of sp³-hybridized carbons (Fsp3) is 0.250. The molecule has 0 radical (unpaired) electrons. The number of pyridine rings is 1. The van der Waals surface area contributed by atoms with Gasteiger partial charge in [0.15, 0.2) is 0 Å². The Morgan fingerprint density at radius 3 is 2.67 bits per heavy atom. The second kappa shape index (κ2) is 7.84. The number of carbonyl (C=O) groups excluding carboxylic acids is 1. The fourth-order valence-corrected chi connectivity index (χ4v) is 3.78. The van der Waals surface area contributed by atoms with Crippen molar-refractivity contribution in [3.63, 3.8) is 0 Å². The summed E-state index contributed by atoms with van der Waals surface area (Å²) in [5.41, 5.74) is 3.02. The predicted molar refractivity (Wildman–Crippen MR) is 104 cm³/mol. The molecule has 2 heterocycles. The van der Waals surface area contributed by atoms with Gasteiger partial charge in [-0.1, -0.05) is 12.1 Å². The van der Waals surface area contributed by atoms with Crippen LogP contribution in [0.4, 0.5) is 4.39 Å². The molecule has 0 atom stereocenters. The summed E-state index contributed by atoms with van der Waals surface area (Å²) in [6, 6.07) is 6.39. The van der Waals surface area contributed by atoms with Gasteiger partial charge < -0.3 is 9.64 Å². The molecule has 5 nitrogen and oxygen atoms in total. The topological polar surface area (TPSA) is 55.3 Å². The lowest BCUT2D eigenvalue weighted by Crippen LogP contribution is -2.26. The molecule has 7 heteroatoms. The van der Waals surface area contributed by atoms with E-state index in [4.69, 9.17) is 4.74 Å². The van der Waals surface area contributed by atoms with Crippen LogP contribution in [0.1, 0.15) is 26.5 Å². The zero-order valence-corrected chi connectivity index (χ0v) is 16.4. The minimum atomic E-state index is -0.356. The van der Waals surface area contributed by atoms with Crippen LogP contribution in [-0.4, -0.2) is 34.9 Å². The summed E-state index contributed by atoms with van der Waals surface area (Å²) < 4.78 is 19.4. The first-order valence-electron chi connectivity index (χ1n) is 8.37. The summed E-state index contributed by atoms with van der Waals surface area (Å²) in [5, 5.41) is 0.483. The number of ether oxygens (including phenoxy) is 1. The Hall–Kier alpha value is -2.80. The summed E-state index contributed by atoms with van der Waals surface area (Å²) in [5.74, 6) is 0.238. The molecule has 27 heavy (non-hydrogen) atoms. The van der Waals surface area contributed by atoms with Crippen LogP contribution in [0, 0.1) is 19.7 Å². The van der Waals surface area contributed by atoms with Crippen molar-refractivity contribution in [3.05, 3.63) is 64.2 Å². The number of aryl methyl sites for hydroxylation is 1. The number of rotatable bonds is 5. The van der Waals surface area contributed by atoms with Crippen LogP contribution in [0.3, 0.4) is 0 Å². The van der Waals surface area contributed by atoms with E-state index in [-0.39, 0.29) is 11.7 Å². The molecular formula is C20H20FN3O2S. The number of benzene rings is 1. The Morgan fingerprint density at radius 1 is 1.22 bits per heavy atom. The maximum atomic E-state index is 13.9. The third-order valence-electron chi connectivity index (χ3n) is 4.30. The Labute approximate surface area is 161 Å². The number of hydrogen-bond acceptors (Lipinski definition) is 5. The molecule has 3 rings (SSSR count). The van der Waals surface area contributed by atoms with Gasteiger partial charge in [-0.15, -0.1) is 11.3 Å². The third kappa shape index (κ3) is 3.83. The molecule has 0 aliphatic carbocycles. The number of aromatic nitrogens is 2.